The summed E-state index contributed by atoms with van der Waals surface area (Å²) in [5.41, 5.74) is 8.97. The molecule has 0 amide bonds. The number of fused-ring (bicyclic) bond motifs is 8. The highest BCUT2D eigenvalue weighted by atomic mass is 16.3. The van der Waals surface area contributed by atoms with Gasteiger partial charge in [0.2, 0.25) is 0 Å². The highest BCUT2D eigenvalue weighted by Gasteiger charge is 2.21. The first-order chi connectivity index (χ1) is 26.6. The van der Waals surface area contributed by atoms with Crippen molar-refractivity contribution in [2.24, 2.45) is 0 Å². The second kappa shape index (κ2) is 12.8. The third kappa shape index (κ3) is 5.19. The van der Waals surface area contributed by atoms with Crippen LogP contribution in [0.15, 0.2) is 211 Å². The Kier molecular flexibility index (Phi) is 7.49. The molecule has 0 saturated carbocycles. The van der Waals surface area contributed by atoms with Gasteiger partial charge in [-0.1, -0.05) is 153 Å². The van der Waals surface area contributed by atoms with Gasteiger partial charge in [-0.25, -0.2) is 0 Å². The smallest absolute Gasteiger partial charge is 0.136 e. The fourth-order valence-corrected chi connectivity index (χ4v) is 8.15. The van der Waals surface area contributed by atoms with Gasteiger partial charge >= 0.3 is 0 Å². The van der Waals surface area contributed by atoms with E-state index in [0.717, 1.165) is 66.7 Å². The van der Waals surface area contributed by atoms with Crippen molar-refractivity contribution in [1.29, 1.82) is 0 Å². The van der Waals surface area contributed by atoms with Crippen LogP contribution < -0.4 is 4.90 Å². The summed E-state index contributed by atoms with van der Waals surface area (Å²) in [5.74, 6) is 0. The molecule has 0 aliphatic rings. The van der Waals surface area contributed by atoms with Crippen molar-refractivity contribution in [3.8, 4) is 11.1 Å². The number of allylic oxidation sites excluding steroid dienone is 3. The molecule has 9 aromatic carbocycles. The van der Waals surface area contributed by atoms with Crippen LogP contribution in [0.2, 0.25) is 0 Å². The maximum atomic E-state index is 6.41. The van der Waals surface area contributed by atoms with Crippen molar-refractivity contribution < 1.29 is 4.42 Å². The lowest BCUT2D eigenvalue weighted by molar-refractivity contribution is 0.669. The molecule has 0 atom stereocenters. The second-order valence-corrected chi connectivity index (χ2v) is 13.8. The topological polar surface area (TPSA) is 16.4 Å². The van der Waals surface area contributed by atoms with E-state index in [2.05, 4.69) is 200 Å². The monoisotopic (exact) mass is 689 g/mol. The van der Waals surface area contributed by atoms with Gasteiger partial charge in [-0.05, 0) is 103 Å². The van der Waals surface area contributed by atoms with E-state index in [4.69, 9.17) is 4.42 Å². The lowest BCUT2D eigenvalue weighted by Gasteiger charge is -2.30. The lowest BCUT2D eigenvalue weighted by Crippen LogP contribution is -2.16. The first-order valence-corrected chi connectivity index (χ1v) is 18.3. The molecular weight excluding hydrogens is 655 g/mol. The molecule has 0 aliphatic heterocycles. The quantitative estimate of drug-likeness (QED) is 0.122. The Morgan fingerprint density at radius 2 is 1.09 bits per heavy atom. The number of para-hydroxylation sites is 1. The van der Waals surface area contributed by atoms with E-state index in [-0.39, 0.29) is 0 Å². The Bertz CT molecular complexity index is 3150. The van der Waals surface area contributed by atoms with Crippen LogP contribution in [-0.4, -0.2) is 0 Å². The molecule has 10 rings (SSSR count). The summed E-state index contributed by atoms with van der Waals surface area (Å²) in [6, 6.07) is 62.6. The van der Waals surface area contributed by atoms with Crippen LogP contribution in [0.25, 0.3) is 81.7 Å². The van der Waals surface area contributed by atoms with Crippen molar-refractivity contribution in [1.82, 2.24) is 0 Å². The molecule has 0 unspecified atom stereocenters. The van der Waals surface area contributed by atoms with Crippen LogP contribution in [0.4, 0.5) is 11.4 Å². The Balaban J connectivity index is 1.21. The van der Waals surface area contributed by atoms with Gasteiger partial charge in [0.25, 0.3) is 0 Å². The second-order valence-electron chi connectivity index (χ2n) is 13.8. The number of nitrogens with zero attached hydrogens (tertiary/aromatic N) is 1. The zero-order valence-corrected chi connectivity index (χ0v) is 29.7. The highest BCUT2D eigenvalue weighted by Crippen LogP contribution is 2.44. The molecule has 1 aromatic heterocycles. The first-order valence-electron chi connectivity index (χ1n) is 18.3. The van der Waals surface area contributed by atoms with Crippen molar-refractivity contribution in [2.75, 3.05) is 4.90 Å². The Morgan fingerprint density at radius 3 is 1.93 bits per heavy atom. The summed E-state index contributed by atoms with van der Waals surface area (Å²) in [6.07, 6.45) is 4.12. The van der Waals surface area contributed by atoms with Crippen LogP contribution in [0.1, 0.15) is 5.56 Å². The van der Waals surface area contributed by atoms with Gasteiger partial charge in [0.05, 0.1) is 11.4 Å². The molecule has 10 aromatic rings. The van der Waals surface area contributed by atoms with E-state index in [0.29, 0.717) is 0 Å². The summed E-state index contributed by atoms with van der Waals surface area (Å²) in [4.78, 5) is 2.35. The predicted octanol–water partition coefficient (Wildman–Crippen LogP) is 14.8. The van der Waals surface area contributed by atoms with Crippen LogP contribution >= 0.6 is 0 Å². The van der Waals surface area contributed by atoms with Gasteiger partial charge < -0.3 is 9.32 Å². The maximum Gasteiger partial charge on any atom is 0.136 e. The third-order valence-electron chi connectivity index (χ3n) is 10.7. The van der Waals surface area contributed by atoms with Gasteiger partial charge in [-0.15, -0.1) is 0 Å². The van der Waals surface area contributed by atoms with Crippen LogP contribution in [0, 0.1) is 0 Å². The molecule has 0 bridgehead atoms. The number of anilines is 2. The summed E-state index contributed by atoms with van der Waals surface area (Å²) in [5, 5.41) is 11.7. The average molecular weight is 690 g/mol. The fourth-order valence-electron chi connectivity index (χ4n) is 8.15. The van der Waals surface area contributed by atoms with Crippen LogP contribution in [0.3, 0.4) is 0 Å². The standard InChI is InChI=1S/C52H35NO/c1-3-40(30-34(2)41-22-12-18-35-14-6-8-19-42(35)41)53(50-25-13-23-45-43-20-9-7-15-36(43)26-28-46(45)50)49-24-11-10-21-44(49)39-27-29-51-47(32-39)48-31-37-16-4-5-17-38(37)33-52(48)54-51/h3-33H,1-2H2/b40-30+. The molecule has 0 radical (unpaired) electrons. The van der Waals surface area contributed by atoms with E-state index in [1.165, 1.54) is 37.7 Å². The Morgan fingerprint density at radius 1 is 0.463 bits per heavy atom. The summed E-state index contributed by atoms with van der Waals surface area (Å²) >= 11 is 0. The van der Waals surface area contributed by atoms with Gasteiger partial charge in [0.1, 0.15) is 11.2 Å². The maximum absolute atomic E-state index is 6.41. The molecule has 0 N–H and O–H groups in total. The van der Waals surface area contributed by atoms with E-state index in [1.54, 1.807) is 0 Å². The molecule has 0 saturated heterocycles. The van der Waals surface area contributed by atoms with Crippen LogP contribution in [0.5, 0.6) is 0 Å². The number of hydrogen-bond acceptors (Lipinski definition) is 2. The average Bonchev–Trinajstić information content (AvgIpc) is 3.58. The minimum Gasteiger partial charge on any atom is -0.456 e. The normalized spacial score (nSPS) is 12.0. The molecular formula is C52H35NO. The number of furan rings is 1. The number of hydrogen-bond donors (Lipinski definition) is 0. The Labute approximate surface area is 313 Å². The van der Waals surface area contributed by atoms with Crippen molar-refractivity contribution in [3.63, 3.8) is 0 Å². The lowest BCUT2D eigenvalue weighted by atomic mass is 9.96. The zero-order chi connectivity index (χ0) is 36.2. The van der Waals surface area contributed by atoms with E-state index in [1.807, 2.05) is 6.08 Å². The SMILES string of the molecule is C=C/C(=C\C(=C)c1cccc2ccccc12)N(c1ccccc1-c1ccc2oc3cc4ccccc4cc3c2c1)c1cccc2c1ccc1ccccc12. The first kappa shape index (κ1) is 31.6. The fraction of sp³-hybridized carbons (Fsp3) is 0. The summed E-state index contributed by atoms with van der Waals surface area (Å²) in [6.45, 7) is 9.04. The molecule has 2 nitrogen and oxygen atoms in total. The predicted molar refractivity (Wildman–Crippen MR) is 232 cm³/mol. The van der Waals surface area contributed by atoms with Gasteiger partial charge in [0, 0.05) is 27.4 Å². The molecule has 54 heavy (non-hydrogen) atoms. The summed E-state index contributed by atoms with van der Waals surface area (Å²) < 4.78 is 6.41. The van der Waals surface area contributed by atoms with Gasteiger partial charge in [-0.3, -0.25) is 0 Å². The third-order valence-corrected chi connectivity index (χ3v) is 10.7. The molecule has 0 spiro atoms. The van der Waals surface area contributed by atoms with Gasteiger partial charge in [-0.2, -0.15) is 0 Å². The van der Waals surface area contributed by atoms with E-state index < -0.39 is 0 Å². The van der Waals surface area contributed by atoms with Crippen LogP contribution in [-0.2, 0) is 0 Å². The molecule has 254 valence electrons. The van der Waals surface area contributed by atoms with E-state index >= 15 is 0 Å². The molecule has 0 aliphatic carbocycles. The van der Waals surface area contributed by atoms with Crippen molar-refractivity contribution >= 4 is 82.0 Å². The highest BCUT2D eigenvalue weighted by molar-refractivity contribution is 6.14. The minimum atomic E-state index is 0.873. The summed E-state index contributed by atoms with van der Waals surface area (Å²) in [7, 11) is 0. The van der Waals surface area contributed by atoms with Gasteiger partial charge in [0.15, 0.2) is 0 Å². The number of rotatable bonds is 7. The largest absolute Gasteiger partial charge is 0.456 e. The van der Waals surface area contributed by atoms with E-state index in [9.17, 15) is 0 Å². The zero-order valence-electron chi connectivity index (χ0n) is 29.7. The number of benzene rings is 9. The van der Waals surface area contributed by atoms with Crippen molar-refractivity contribution in [2.45, 2.75) is 0 Å². The van der Waals surface area contributed by atoms with Crippen molar-refractivity contribution in [3.05, 3.63) is 212 Å². The molecule has 2 heteroatoms. The minimum absolute atomic E-state index is 0.873. The Hall–Kier alpha value is -7.16. The molecule has 0 fully saturated rings. The molecule has 1 heterocycles.